The number of aromatic nitrogens is 4. The van der Waals surface area contributed by atoms with Crippen LogP contribution in [0.4, 0.5) is 0 Å². The topological polar surface area (TPSA) is 54.5 Å². The van der Waals surface area contributed by atoms with E-state index in [2.05, 4.69) is 45.1 Å². The summed E-state index contributed by atoms with van der Waals surface area (Å²) >= 11 is 0. The van der Waals surface area contributed by atoms with Crippen molar-refractivity contribution >= 4 is 32.8 Å². The first kappa shape index (κ1) is 17.4. The molecule has 144 valence electrons. The van der Waals surface area contributed by atoms with E-state index in [-0.39, 0.29) is 0 Å². The fourth-order valence-corrected chi connectivity index (χ4v) is 3.95. The van der Waals surface area contributed by atoms with Crippen molar-refractivity contribution in [1.82, 2.24) is 19.9 Å². The predicted molar refractivity (Wildman–Crippen MR) is 126 cm³/mol. The Labute approximate surface area is 178 Å². The van der Waals surface area contributed by atoms with Gasteiger partial charge in [-0.15, -0.1) is 6.42 Å². The molecule has 0 aliphatic heterocycles. The summed E-state index contributed by atoms with van der Waals surface area (Å²) in [5.74, 6) is 3.48. The van der Waals surface area contributed by atoms with Crippen LogP contribution < -0.4 is 0 Å². The minimum absolute atomic E-state index is 0.755. The lowest BCUT2D eigenvalue weighted by atomic mass is 9.95. The summed E-state index contributed by atoms with van der Waals surface area (Å²) in [6.07, 6.45) is 9.22. The molecule has 7 rings (SSSR count). The average molecular weight is 396 g/mol. The number of terminal acetylenes is 1. The van der Waals surface area contributed by atoms with Crippen molar-refractivity contribution in [2.24, 2.45) is 0 Å². The molecule has 31 heavy (non-hydrogen) atoms. The summed E-state index contributed by atoms with van der Waals surface area (Å²) in [4.78, 5) is 17.4. The molecular weight excluding hydrogens is 380 g/mol. The Morgan fingerprint density at radius 2 is 1.32 bits per heavy atom. The van der Waals surface area contributed by atoms with Gasteiger partial charge >= 0.3 is 0 Å². The number of rotatable bonds is 1. The first-order chi connectivity index (χ1) is 15.3. The molecule has 0 saturated heterocycles. The Hall–Kier alpha value is -4.49. The van der Waals surface area contributed by atoms with Crippen molar-refractivity contribution in [3.8, 4) is 34.9 Å². The molecule has 2 aromatic carbocycles. The molecule has 1 N–H and O–H groups in total. The molecule has 0 saturated carbocycles. The minimum atomic E-state index is 0.755. The first-order valence-corrected chi connectivity index (χ1v) is 10.0. The summed E-state index contributed by atoms with van der Waals surface area (Å²) in [6.45, 7) is 0. The van der Waals surface area contributed by atoms with E-state index in [9.17, 15) is 0 Å². The van der Waals surface area contributed by atoms with Crippen LogP contribution >= 0.6 is 0 Å². The Kier molecular flexibility index (Phi) is 3.81. The van der Waals surface area contributed by atoms with E-state index in [1.54, 1.807) is 12.4 Å². The summed E-state index contributed by atoms with van der Waals surface area (Å²) in [5, 5.41) is 1.98. The second-order valence-corrected chi connectivity index (χ2v) is 7.38. The Morgan fingerprint density at radius 3 is 1.97 bits per heavy atom. The van der Waals surface area contributed by atoms with Crippen LogP contribution in [0.1, 0.15) is 5.56 Å². The number of H-pyrrole nitrogens is 1. The average Bonchev–Trinajstić information content (AvgIpc) is 3.28. The van der Waals surface area contributed by atoms with Crippen molar-refractivity contribution in [2.45, 2.75) is 0 Å². The third-order valence-electron chi connectivity index (χ3n) is 5.62. The van der Waals surface area contributed by atoms with Crippen molar-refractivity contribution in [1.29, 1.82) is 0 Å². The number of aromatic amines is 1. The number of hydrogen-bond donors (Lipinski definition) is 1. The standard InChI is InChI=1S/C21H12N4.C6H4/c1-2-13-7-3-4-8-14(13)21-24-19-15-9-5-11-22-17(15)18-16(20(19)25-21)10-6-12-23-18;1-2-6-4-3-5(1)6/h1,3-12H,(H,24,25);1-4H. The normalized spacial score (nSPS) is 11.2. The molecule has 2 aliphatic carbocycles. The Bertz CT molecular complexity index is 1540. The first-order valence-electron chi connectivity index (χ1n) is 10.0. The molecular formula is C27H16N4. The van der Waals surface area contributed by atoms with Gasteiger partial charge in [0.05, 0.1) is 22.1 Å². The number of hydrogen-bond acceptors (Lipinski definition) is 3. The van der Waals surface area contributed by atoms with E-state index in [0.29, 0.717) is 0 Å². The highest BCUT2D eigenvalue weighted by Crippen LogP contribution is 2.33. The van der Waals surface area contributed by atoms with E-state index in [0.717, 1.165) is 49.8 Å². The van der Waals surface area contributed by atoms with Crippen LogP contribution in [-0.4, -0.2) is 19.9 Å². The van der Waals surface area contributed by atoms with Gasteiger partial charge in [-0.05, 0) is 47.5 Å². The number of fused-ring (bicyclic) bond motifs is 7. The van der Waals surface area contributed by atoms with Gasteiger partial charge in [0.1, 0.15) is 5.82 Å². The maximum Gasteiger partial charge on any atom is 0.139 e. The van der Waals surface area contributed by atoms with Crippen molar-refractivity contribution in [3.63, 3.8) is 0 Å². The highest BCUT2D eigenvalue weighted by atomic mass is 14.9. The van der Waals surface area contributed by atoms with Crippen LogP contribution in [0, 0.1) is 12.3 Å². The van der Waals surface area contributed by atoms with E-state index in [4.69, 9.17) is 11.4 Å². The van der Waals surface area contributed by atoms with Crippen LogP contribution in [-0.2, 0) is 0 Å². The second kappa shape index (κ2) is 6.79. The number of nitrogens with one attached hydrogen (secondary N) is 1. The molecule has 0 fully saturated rings. The molecule has 0 atom stereocenters. The van der Waals surface area contributed by atoms with Crippen molar-refractivity contribution in [2.75, 3.05) is 0 Å². The van der Waals surface area contributed by atoms with Crippen molar-refractivity contribution < 1.29 is 0 Å². The van der Waals surface area contributed by atoms with Crippen LogP contribution in [0.3, 0.4) is 0 Å². The molecule has 3 aromatic heterocycles. The largest absolute Gasteiger partial charge is 0.337 e. The second-order valence-electron chi connectivity index (χ2n) is 7.38. The molecule has 4 heteroatoms. The molecule has 0 radical (unpaired) electrons. The number of nitrogens with zero attached hydrogens (tertiary/aromatic N) is 3. The number of benzene rings is 3. The highest BCUT2D eigenvalue weighted by molar-refractivity contribution is 6.21. The molecule has 5 aromatic rings. The lowest BCUT2D eigenvalue weighted by molar-refractivity contribution is 1.33. The third kappa shape index (κ3) is 2.68. The van der Waals surface area contributed by atoms with Crippen molar-refractivity contribution in [3.05, 3.63) is 90.8 Å². The summed E-state index contributed by atoms with van der Waals surface area (Å²) < 4.78 is 0. The van der Waals surface area contributed by atoms with Crippen LogP contribution in [0.5, 0.6) is 0 Å². The fourth-order valence-electron chi connectivity index (χ4n) is 3.95. The van der Waals surface area contributed by atoms with Gasteiger partial charge in [0.2, 0.25) is 0 Å². The quantitative estimate of drug-likeness (QED) is 0.275. The monoisotopic (exact) mass is 396 g/mol. The van der Waals surface area contributed by atoms with E-state index >= 15 is 0 Å². The maximum absolute atomic E-state index is 5.65. The molecule has 0 bridgehead atoms. The lowest BCUT2D eigenvalue weighted by Gasteiger charge is -2.10. The van der Waals surface area contributed by atoms with Gasteiger partial charge < -0.3 is 4.98 Å². The third-order valence-corrected chi connectivity index (χ3v) is 5.62. The zero-order valence-electron chi connectivity index (χ0n) is 16.5. The Morgan fingerprint density at radius 1 is 0.677 bits per heavy atom. The van der Waals surface area contributed by atoms with E-state index in [1.807, 2.05) is 48.5 Å². The molecule has 0 amide bonds. The predicted octanol–water partition coefficient (Wildman–Crippen LogP) is 5.97. The number of imidazole rings is 1. The van der Waals surface area contributed by atoms with Gasteiger partial charge in [-0.3, -0.25) is 9.97 Å². The Balaban J connectivity index is 0.000000263. The fraction of sp³-hybridized carbons (Fsp3) is 0. The summed E-state index contributed by atoms with van der Waals surface area (Å²) in [5.41, 5.74) is 8.13. The highest BCUT2D eigenvalue weighted by Gasteiger charge is 2.15. The summed E-state index contributed by atoms with van der Waals surface area (Å²) in [7, 11) is 0. The minimum Gasteiger partial charge on any atom is -0.337 e. The van der Waals surface area contributed by atoms with Gasteiger partial charge in [0.15, 0.2) is 0 Å². The van der Waals surface area contributed by atoms with Gasteiger partial charge in [0, 0.05) is 34.3 Å². The van der Waals surface area contributed by atoms with Gasteiger partial charge in [-0.2, -0.15) is 0 Å². The molecule has 2 aliphatic rings. The van der Waals surface area contributed by atoms with E-state index < -0.39 is 0 Å². The molecule has 0 spiro atoms. The maximum atomic E-state index is 5.65. The van der Waals surface area contributed by atoms with E-state index in [1.165, 1.54) is 11.1 Å². The summed E-state index contributed by atoms with van der Waals surface area (Å²) in [6, 6.07) is 24.2. The zero-order valence-corrected chi connectivity index (χ0v) is 16.5. The van der Waals surface area contributed by atoms with Gasteiger partial charge in [0.25, 0.3) is 0 Å². The lowest BCUT2D eigenvalue weighted by Crippen LogP contribution is -1.86. The number of pyridine rings is 2. The van der Waals surface area contributed by atoms with Gasteiger partial charge in [-0.1, -0.05) is 42.3 Å². The van der Waals surface area contributed by atoms with Crippen LogP contribution in [0.25, 0.3) is 55.4 Å². The molecule has 3 heterocycles. The van der Waals surface area contributed by atoms with Crippen LogP contribution in [0.2, 0.25) is 0 Å². The van der Waals surface area contributed by atoms with Gasteiger partial charge in [-0.25, -0.2) is 4.98 Å². The zero-order chi connectivity index (χ0) is 20.8. The van der Waals surface area contributed by atoms with Crippen LogP contribution in [0.15, 0.2) is 85.2 Å². The molecule has 4 nitrogen and oxygen atoms in total. The SMILES string of the molecule is C#Cc1ccccc1-c1nc2c3cccnc3c3ncccc3c2[nH]1.c1cc2ccc1-2. The smallest absolute Gasteiger partial charge is 0.139 e. The molecule has 0 unspecified atom stereocenters.